The van der Waals surface area contributed by atoms with E-state index in [1.54, 1.807) is 0 Å². The van der Waals surface area contributed by atoms with E-state index in [1.165, 1.54) is 67.6 Å². The number of hydrogen-bond donors (Lipinski definition) is 0. The predicted molar refractivity (Wildman–Crippen MR) is 296 cm³/mol. The molecule has 4 nitrogen and oxygen atoms in total. The van der Waals surface area contributed by atoms with Crippen molar-refractivity contribution in [1.82, 2.24) is 0 Å². The third-order valence-corrected chi connectivity index (χ3v) is 24.1. The number of para-hydroxylation sites is 4. The number of anilines is 2. The number of benzene rings is 4. The third-order valence-electron chi connectivity index (χ3n) is 12.3. The second-order valence-electron chi connectivity index (χ2n) is 22.7. The van der Waals surface area contributed by atoms with Crippen LogP contribution in [-0.4, -0.2) is 40.7 Å². The molecule has 0 fully saturated rings. The second kappa shape index (κ2) is 23.0. The summed E-state index contributed by atoms with van der Waals surface area (Å²) in [5.74, 6) is 5.18. The summed E-state index contributed by atoms with van der Waals surface area (Å²) in [4.78, 5) is 12.0. The summed E-state index contributed by atoms with van der Waals surface area (Å²) < 4.78 is 5.57. The zero-order valence-corrected chi connectivity index (χ0v) is 49.8. The van der Waals surface area contributed by atoms with Gasteiger partial charge in [-0.25, -0.2) is 0 Å². The predicted octanol–water partition coefficient (Wildman–Crippen LogP) is 18.3. The van der Waals surface area contributed by atoms with Crippen LogP contribution in [-0.2, 0) is 0 Å². The van der Waals surface area contributed by atoms with Gasteiger partial charge in [0.25, 0.3) is 0 Å². The standard InChI is InChI=1S/C58H86Ge2N4S/c1-35(2)43-27-23-28-44(36(3)4)51(43)61-55(57(17,18)19)63(53-47(39(9)10)31-25-32-48(53)40(11)12)59-65-60-64(54-49(41(13)14)33-26-34-50(54)42(15)16)56(58(20,21)22)62-52-45(37(5)6)29-24-30-46(52)38(7)8/h23-42H,1-22H3. The average Bonchev–Trinajstić information content (AvgIpc) is 3.20. The minimum absolute atomic E-state index is 0.235. The molecule has 352 valence electrons. The van der Waals surface area contributed by atoms with Crippen LogP contribution in [0.3, 0.4) is 0 Å². The maximum atomic E-state index is 6.00. The Labute approximate surface area is 414 Å². The van der Waals surface area contributed by atoms with Crippen molar-refractivity contribution in [3.8, 4) is 0 Å². The van der Waals surface area contributed by atoms with Crippen molar-refractivity contribution in [2.24, 2.45) is 20.8 Å². The van der Waals surface area contributed by atoms with Crippen LogP contribution < -0.4 is 7.71 Å². The molecular formula is C58H86Ge2N4S. The van der Waals surface area contributed by atoms with Gasteiger partial charge >= 0.3 is 417 Å². The van der Waals surface area contributed by atoms with Gasteiger partial charge in [0.05, 0.1) is 0 Å². The summed E-state index contributed by atoms with van der Waals surface area (Å²) in [7, 11) is 2.23. The molecule has 0 saturated carbocycles. The van der Waals surface area contributed by atoms with Crippen molar-refractivity contribution in [1.29, 1.82) is 0 Å². The molecule has 0 heterocycles. The van der Waals surface area contributed by atoms with Crippen LogP contribution in [0.2, 0.25) is 0 Å². The molecule has 0 aromatic heterocycles. The van der Waals surface area contributed by atoms with E-state index in [-0.39, 0.29) is 10.8 Å². The Hall–Kier alpha value is -2.74. The molecule has 7 heteroatoms. The van der Waals surface area contributed by atoms with Crippen LogP contribution in [0.1, 0.15) is 244 Å². The first-order valence-electron chi connectivity index (χ1n) is 24.7. The first kappa shape index (κ1) is 54.9. The normalized spacial score (nSPS) is 13.3. The Balaban J connectivity index is 2.15. The number of nitrogens with zero attached hydrogens (tertiary/aromatic N) is 4. The van der Waals surface area contributed by atoms with Crippen LogP contribution in [0.25, 0.3) is 0 Å². The zero-order valence-electron chi connectivity index (χ0n) is 44.7. The SMILES string of the molecule is CC(C)c1cccc(C(C)C)c1N=C([N]([Ge][S][Ge][N](C(=Nc1c(C(C)C)cccc1C(C)C)C(C)(C)C)c1c(C(C)C)cccc1C(C)C)c1c(C(C)C)cccc1C(C)C)C(C)(C)C. The van der Waals surface area contributed by atoms with Crippen molar-refractivity contribution < 1.29 is 0 Å². The molecular weight excluding hydrogens is 930 g/mol. The van der Waals surface area contributed by atoms with Gasteiger partial charge in [-0.15, -0.1) is 0 Å². The van der Waals surface area contributed by atoms with Crippen LogP contribution in [0.15, 0.2) is 82.8 Å². The van der Waals surface area contributed by atoms with Gasteiger partial charge in [-0.05, 0) is 0 Å². The fourth-order valence-electron chi connectivity index (χ4n) is 8.64. The molecule has 0 amide bonds. The molecule has 0 bridgehead atoms. The van der Waals surface area contributed by atoms with Gasteiger partial charge < -0.3 is 0 Å². The Kier molecular flexibility index (Phi) is 19.4. The van der Waals surface area contributed by atoms with E-state index in [2.05, 4.69) is 241 Å². The van der Waals surface area contributed by atoms with Gasteiger partial charge in [0.15, 0.2) is 0 Å². The van der Waals surface area contributed by atoms with E-state index >= 15 is 0 Å². The molecule has 0 unspecified atom stereocenters. The summed E-state index contributed by atoms with van der Waals surface area (Å²) in [5, 5.41) is 0. The van der Waals surface area contributed by atoms with E-state index < -0.39 is 29.0 Å². The molecule has 0 aliphatic carbocycles. The number of hydrogen-bond acceptors (Lipinski definition) is 3. The van der Waals surface area contributed by atoms with E-state index in [4.69, 9.17) is 9.98 Å². The molecule has 4 aromatic carbocycles. The van der Waals surface area contributed by atoms with Crippen molar-refractivity contribution in [2.75, 3.05) is 7.71 Å². The first-order valence-corrected chi connectivity index (χ1v) is 32.5. The van der Waals surface area contributed by atoms with Crippen molar-refractivity contribution >= 4 is 71.9 Å². The Morgan fingerprint density at radius 1 is 0.369 bits per heavy atom. The van der Waals surface area contributed by atoms with Gasteiger partial charge in [0.1, 0.15) is 0 Å². The molecule has 4 radical (unpaired) electrons. The van der Waals surface area contributed by atoms with E-state index in [0.29, 0.717) is 47.3 Å². The van der Waals surface area contributed by atoms with Crippen LogP contribution in [0, 0.1) is 10.8 Å². The molecule has 0 atom stereocenters. The molecule has 0 spiro atoms. The molecule has 0 aliphatic rings. The van der Waals surface area contributed by atoms with Crippen LogP contribution in [0.4, 0.5) is 22.7 Å². The summed E-state index contributed by atoms with van der Waals surface area (Å²) in [5.41, 5.74) is 15.6. The quantitative estimate of drug-likeness (QED) is 0.0637. The topological polar surface area (TPSA) is 31.2 Å². The van der Waals surface area contributed by atoms with Gasteiger partial charge in [0, 0.05) is 0 Å². The van der Waals surface area contributed by atoms with E-state index in [1.807, 2.05) is 0 Å². The summed E-state index contributed by atoms with van der Waals surface area (Å²) in [6.07, 6.45) is 0. The average molecular weight is 1020 g/mol. The Morgan fingerprint density at radius 2 is 0.569 bits per heavy atom. The van der Waals surface area contributed by atoms with Crippen molar-refractivity contribution in [3.05, 3.63) is 117 Å². The first-order chi connectivity index (χ1) is 30.2. The summed E-state index contributed by atoms with van der Waals surface area (Å²) >= 11 is -1.84. The van der Waals surface area contributed by atoms with Gasteiger partial charge in [-0.2, -0.15) is 0 Å². The third kappa shape index (κ3) is 13.3. The molecule has 4 aromatic rings. The monoisotopic (exact) mass is 1020 g/mol. The molecule has 0 saturated heterocycles. The van der Waals surface area contributed by atoms with E-state index in [9.17, 15) is 0 Å². The molecule has 0 N–H and O–H groups in total. The summed E-state index contributed by atoms with van der Waals surface area (Å²) in [6, 6.07) is 27.8. The van der Waals surface area contributed by atoms with Gasteiger partial charge in [-0.3, -0.25) is 0 Å². The van der Waals surface area contributed by atoms with Crippen molar-refractivity contribution in [3.63, 3.8) is 0 Å². The number of aliphatic imine (C=N–C) groups is 2. The van der Waals surface area contributed by atoms with Gasteiger partial charge in [0.2, 0.25) is 0 Å². The second-order valence-corrected chi connectivity index (χ2v) is 35.4. The van der Waals surface area contributed by atoms with Crippen LogP contribution >= 0.6 is 8.41 Å². The van der Waals surface area contributed by atoms with Crippen molar-refractivity contribution in [2.45, 2.75) is 200 Å². The Bertz CT molecular complexity index is 2000. The molecule has 0 aliphatic heterocycles. The molecule has 4 rings (SSSR count). The molecule has 65 heavy (non-hydrogen) atoms. The Morgan fingerprint density at radius 3 is 0.754 bits per heavy atom. The number of amidine groups is 2. The maximum absolute atomic E-state index is 6.00. The van der Waals surface area contributed by atoms with E-state index in [0.717, 1.165) is 11.4 Å². The zero-order chi connectivity index (χ0) is 48.9. The number of rotatable bonds is 16. The fourth-order valence-corrected chi connectivity index (χ4v) is 22.9. The van der Waals surface area contributed by atoms with Crippen LogP contribution in [0.5, 0.6) is 0 Å². The summed E-state index contributed by atoms with van der Waals surface area (Å²) in [6.45, 7) is 51.8. The fraction of sp³-hybridized carbons (Fsp3) is 0.552. The van der Waals surface area contributed by atoms with Gasteiger partial charge in [-0.1, -0.05) is 0 Å². The minimum atomic E-state index is -0.919.